The third-order valence-electron chi connectivity index (χ3n) is 3.23. The summed E-state index contributed by atoms with van der Waals surface area (Å²) in [6.07, 6.45) is 3.59. The van der Waals surface area contributed by atoms with Crippen LogP contribution in [0.15, 0.2) is 35.1 Å². The average Bonchev–Trinajstić information content (AvgIpc) is 2.69. The van der Waals surface area contributed by atoms with E-state index < -0.39 is 0 Å². The normalized spacial score (nSPS) is 19.1. The van der Waals surface area contributed by atoms with Gasteiger partial charge in [-0.25, -0.2) is 4.98 Å². The third-order valence-corrected chi connectivity index (χ3v) is 3.23. The molecular formula is C13H13NO. The highest BCUT2D eigenvalue weighted by Gasteiger charge is 2.22. The monoisotopic (exact) mass is 199 g/mol. The molecule has 0 saturated carbocycles. The Morgan fingerprint density at radius 1 is 1.27 bits per heavy atom. The summed E-state index contributed by atoms with van der Waals surface area (Å²) in [5.74, 6) is 1.41. The van der Waals surface area contributed by atoms with E-state index in [9.17, 15) is 0 Å². The van der Waals surface area contributed by atoms with Crippen LogP contribution in [-0.4, -0.2) is 4.98 Å². The van der Waals surface area contributed by atoms with Crippen molar-refractivity contribution in [3.05, 3.63) is 53.2 Å². The summed E-state index contributed by atoms with van der Waals surface area (Å²) in [6.45, 7) is 2.20. The molecule has 1 aliphatic carbocycles. The van der Waals surface area contributed by atoms with Crippen LogP contribution in [0.3, 0.4) is 0 Å². The van der Waals surface area contributed by atoms with Crippen molar-refractivity contribution in [3.8, 4) is 0 Å². The average molecular weight is 199 g/mol. The van der Waals surface area contributed by atoms with Crippen molar-refractivity contribution in [2.45, 2.75) is 25.7 Å². The lowest BCUT2D eigenvalue weighted by atomic mass is 9.94. The standard InChI is InChI=1S/C13H13NO/c1-9-11-5-3-2-4-10(11)6-7-12-13(9)14-8-15-12/h2-5,8-9H,6-7H2,1H3. The summed E-state index contributed by atoms with van der Waals surface area (Å²) in [5, 5.41) is 0. The van der Waals surface area contributed by atoms with E-state index in [1.54, 1.807) is 6.39 Å². The highest BCUT2D eigenvalue weighted by atomic mass is 16.3. The molecule has 1 unspecified atom stereocenters. The quantitative estimate of drug-likeness (QED) is 0.652. The van der Waals surface area contributed by atoms with Crippen LogP contribution in [0.5, 0.6) is 0 Å². The Morgan fingerprint density at radius 2 is 2.13 bits per heavy atom. The van der Waals surface area contributed by atoms with Crippen LogP contribution in [0, 0.1) is 0 Å². The van der Waals surface area contributed by atoms with Crippen molar-refractivity contribution in [2.75, 3.05) is 0 Å². The van der Waals surface area contributed by atoms with Gasteiger partial charge in [0.2, 0.25) is 0 Å². The number of aromatic nitrogens is 1. The van der Waals surface area contributed by atoms with Crippen molar-refractivity contribution in [1.29, 1.82) is 0 Å². The molecule has 2 heteroatoms. The van der Waals surface area contributed by atoms with Gasteiger partial charge in [0.05, 0.1) is 5.69 Å². The topological polar surface area (TPSA) is 26.0 Å². The maximum Gasteiger partial charge on any atom is 0.181 e. The fourth-order valence-corrected chi connectivity index (χ4v) is 2.40. The van der Waals surface area contributed by atoms with E-state index in [1.807, 2.05) is 0 Å². The Hall–Kier alpha value is -1.57. The number of rotatable bonds is 0. The Balaban J connectivity index is 2.18. The summed E-state index contributed by atoms with van der Waals surface area (Å²) in [4.78, 5) is 4.33. The molecule has 1 aliphatic rings. The Morgan fingerprint density at radius 3 is 3.07 bits per heavy atom. The second kappa shape index (κ2) is 3.23. The van der Waals surface area contributed by atoms with Gasteiger partial charge in [0.25, 0.3) is 0 Å². The summed E-state index contributed by atoms with van der Waals surface area (Å²) >= 11 is 0. The molecule has 0 radical (unpaired) electrons. The lowest BCUT2D eigenvalue weighted by molar-refractivity contribution is 0.501. The molecule has 0 saturated heterocycles. The van der Waals surface area contributed by atoms with Crippen LogP contribution >= 0.6 is 0 Å². The molecule has 15 heavy (non-hydrogen) atoms. The molecule has 1 aromatic heterocycles. The highest BCUT2D eigenvalue weighted by Crippen LogP contribution is 2.32. The molecular weight excluding hydrogens is 186 g/mol. The first-order chi connectivity index (χ1) is 7.36. The predicted octanol–water partition coefficient (Wildman–Crippen LogP) is 2.93. The number of fused-ring (bicyclic) bond motifs is 2. The number of nitrogens with zero attached hydrogens (tertiary/aromatic N) is 1. The molecule has 0 bridgehead atoms. The van der Waals surface area contributed by atoms with Crippen molar-refractivity contribution in [3.63, 3.8) is 0 Å². The molecule has 0 spiro atoms. The van der Waals surface area contributed by atoms with Crippen LogP contribution in [-0.2, 0) is 12.8 Å². The summed E-state index contributed by atoms with van der Waals surface area (Å²) < 4.78 is 5.43. The number of hydrogen-bond acceptors (Lipinski definition) is 2. The first-order valence-electron chi connectivity index (χ1n) is 5.36. The van der Waals surface area contributed by atoms with E-state index >= 15 is 0 Å². The van der Waals surface area contributed by atoms with Crippen LogP contribution in [0.4, 0.5) is 0 Å². The first-order valence-corrected chi connectivity index (χ1v) is 5.36. The van der Waals surface area contributed by atoms with Crippen molar-refractivity contribution in [2.24, 2.45) is 0 Å². The first kappa shape index (κ1) is 8.72. The lowest BCUT2D eigenvalue weighted by Crippen LogP contribution is -1.98. The molecule has 1 atom stereocenters. The minimum atomic E-state index is 0.359. The summed E-state index contributed by atoms with van der Waals surface area (Å²) in [7, 11) is 0. The van der Waals surface area contributed by atoms with Gasteiger partial charge in [-0.3, -0.25) is 0 Å². The van der Waals surface area contributed by atoms with E-state index in [4.69, 9.17) is 4.42 Å². The maximum atomic E-state index is 5.43. The predicted molar refractivity (Wildman–Crippen MR) is 57.9 cm³/mol. The smallest absolute Gasteiger partial charge is 0.181 e. The molecule has 3 rings (SSSR count). The fourth-order valence-electron chi connectivity index (χ4n) is 2.40. The molecule has 0 aliphatic heterocycles. The number of aryl methyl sites for hydroxylation is 2. The van der Waals surface area contributed by atoms with Gasteiger partial charge in [0, 0.05) is 12.3 Å². The van der Waals surface area contributed by atoms with E-state index in [1.165, 1.54) is 11.1 Å². The zero-order valence-electron chi connectivity index (χ0n) is 8.73. The largest absolute Gasteiger partial charge is 0.448 e. The second-order valence-corrected chi connectivity index (χ2v) is 4.08. The zero-order chi connectivity index (χ0) is 10.3. The van der Waals surface area contributed by atoms with Crippen molar-refractivity contribution >= 4 is 0 Å². The summed E-state index contributed by atoms with van der Waals surface area (Å²) in [6, 6.07) is 8.61. The minimum absolute atomic E-state index is 0.359. The van der Waals surface area contributed by atoms with Gasteiger partial charge in [-0.1, -0.05) is 31.2 Å². The second-order valence-electron chi connectivity index (χ2n) is 4.08. The molecule has 0 N–H and O–H groups in total. The zero-order valence-corrected chi connectivity index (χ0v) is 8.73. The molecule has 2 aromatic rings. The van der Waals surface area contributed by atoms with Crippen LogP contribution in [0.1, 0.15) is 35.4 Å². The SMILES string of the molecule is CC1c2ccccc2CCc2ocnc21. The molecule has 76 valence electrons. The minimum Gasteiger partial charge on any atom is -0.448 e. The van der Waals surface area contributed by atoms with Gasteiger partial charge < -0.3 is 4.42 Å². The van der Waals surface area contributed by atoms with E-state index in [0.29, 0.717) is 5.92 Å². The van der Waals surface area contributed by atoms with Crippen molar-refractivity contribution in [1.82, 2.24) is 4.98 Å². The van der Waals surface area contributed by atoms with E-state index in [0.717, 1.165) is 24.3 Å². The van der Waals surface area contributed by atoms with E-state index in [-0.39, 0.29) is 0 Å². The lowest BCUT2D eigenvalue weighted by Gasteiger charge is -2.10. The molecule has 0 amide bonds. The molecule has 2 nitrogen and oxygen atoms in total. The van der Waals surface area contributed by atoms with Crippen LogP contribution in [0.25, 0.3) is 0 Å². The number of hydrogen-bond donors (Lipinski definition) is 0. The van der Waals surface area contributed by atoms with Crippen molar-refractivity contribution < 1.29 is 4.42 Å². The third kappa shape index (κ3) is 1.29. The van der Waals surface area contributed by atoms with Gasteiger partial charge in [-0.15, -0.1) is 0 Å². The maximum absolute atomic E-state index is 5.43. The number of benzene rings is 1. The Labute approximate surface area is 89.0 Å². The fraction of sp³-hybridized carbons (Fsp3) is 0.308. The van der Waals surface area contributed by atoms with Gasteiger partial charge >= 0.3 is 0 Å². The molecule has 1 heterocycles. The summed E-state index contributed by atoms with van der Waals surface area (Å²) in [5.41, 5.74) is 3.93. The van der Waals surface area contributed by atoms with Crippen LogP contribution in [0.2, 0.25) is 0 Å². The van der Waals surface area contributed by atoms with Crippen LogP contribution < -0.4 is 0 Å². The van der Waals surface area contributed by atoms with Gasteiger partial charge in [0.15, 0.2) is 6.39 Å². The number of oxazole rings is 1. The molecule has 0 fully saturated rings. The Kier molecular flexibility index (Phi) is 1.88. The van der Waals surface area contributed by atoms with E-state index in [2.05, 4.69) is 36.2 Å². The van der Waals surface area contributed by atoms with Gasteiger partial charge in [0.1, 0.15) is 5.76 Å². The Bertz CT molecular complexity index is 487. The highest BCUT2D eigenvalue weighted by molar-refractivity contribution is 5.38. The van der Waals surface area contributed by atoms with Gasteiger partial charge in [-0.05, 0) is 17.5 Å². The molecule has 1 aromatic carbocycles. The van der Waals surface area contributed by atoms with Gasteiger partial charge in [-0.2, -0.15) is 0 Å².